The van der Waals surface area contributed by atoms with Crippen LogP contribution in [0.15, 0.2) is 77.7 Å². The number of ether oxygens (including phenoxy) is 1. The van der Waals surface area contributed by atoms with E-state index in [1.165, 1.54) is 4.31 Å². The zero-order valence-electron chi connectivity index (χ0n) is 21.0. The molecule has 8 nitrogen and oxygen atoms in total. The summed E-state index contributed by atoms with van der Waals surface area (Å²) >= 11 is 6.01. The normalized spacial score (nSPS) is 14.2. The van der Waals surface area contributed by atoms with Gasteiger partial charge in [-0.05, 0) is 73.9 Å². The quantitative estimate of drug-likeness (QED) is 0.426. The highest BCUT2D eigenvalue weighted by Gasteiger charge is 2.27. The fraction of sp³-hybridized carbons (Fsp3) is 0.286. The number of rotatable bonds is 9. The number of sulfonamides is 1. The van der Waals surface area contributed by atoms with Crippen molar-refractivity contribution in [1.29, 1.82) is 0 Å². The Morgan fingerprint density at radius 2 is 1.58 bits per heavy atom. The Bertz CT molecular complexity index is 1370. The van der Waals surface area contributed by atoms with E-state index >= 15 is 0 Å². The van der Waals surface area contributed by atoms with Crippen LogP contribution >= 0.6 is 11.6 Å². The third-order valence-corrected chi connectivity index (χ3v) is 8.63. The summed E-state index contributed by atoms with van der Waals surface area (Å²) in [4.78, 5) is 25.7. The molecular weight excluding hydrogens is 526 g/mol. The molecule has 0 spiro atoms. The van der Waals surface area contributed by atoms with Crippen molar-refractivity contribution in [2.75, 3.05) is 24.0 Å². The van der Waals surface area contributed by atoms with E-state index in [0.29, 0.717) is 42.4 Å². The smallest absolute Gasteiger partial charge is 0.264 e. The Labute approximate surface area is 228 Å². The second-order valence-corrected chi connectivity index (χ2v) is 11.6. The Morgan fingerprint density at radius 1 is 0.974 bits per heavy atom. The molecule has 1 fully saturated rings. The minimum atomic E-state index is -3.88. The summed E-state index contributed by atoms with van der Waals surface area (Å²) < 4.78 is 34.3. The van der Waals surface area contributed by atoms with Crippen molar-refractivity contribution in [3.8, 4) is 5.75 Å². The monoisotopic (exact) mass is 555 g/mol. The molecule has 38 heavy (non-hydrogen) atoms. The maximum atomic E-state index is 13.6. The van der Waals surface area contributed by atoms with Gasteiger partial charge in [-0.1, -0.05) is 41.4 Å². The fourth-order valence-corrected chi connectivity index (χ4v) is 5.85. The molecule has 3 aromatic rings. The number of nitrogens with zero attached hydrogens (tertiary/aromatic N) is 2. The number of hydrogen-bond acceptors (Lipinski definition) is 5. The number of amides is 2. The summed E-state index contributed by atoms with van der Waals surface area (Å²) in [5.41, 5.74) is 7.54. The van der Waals surface area contributed by atoms with Crippen molar-refractivity contribution in [1.82, 2.24) is 4.90 Å². The number of carbonyl (C=O) groups is 2. The maximum absolute atomic E-state index is 13.6. The summed E-state index contributed by atoms with van der Waals surface area (Å²) in [5, 5.41) is 0.565. The molecule has 0 aromatic heterocycles. The molecule has 1 heterocycles. The Balaban J connectivity index is 1.48. The van der Waals surface area contributed by atoms with E-state index in [0.717, 1.165) is 11.1 Å². The largest absolute Gasteiger partial charge is 0.484 e. The average molecular weight is 556 g/mol. The van der Waals surface area contributed by atoms with Crippen LogP contribution in [0.1, 0.15) is 24.0 Å². The van der Waals surface area contributed by atoms with Crippen LogP contribution in [-0.2, 0) is 26.2 Å². The van der Waals surface area contributed by atoms with Crippen LogP contribution in [0.25, 0.3) is 0 Å². The third-order valence-electron chi connectivity index (χ3n) is 6.59. The van der Waals surface area contributed by atoms with Gasteiger partial charge in [-0.3, -0.25) is 13.9 Å². The van der Waals surface area contributed by atoms with Gasteiger partial charge in [0.2, 0.25) is 5.91 Å². The lowest BCUT2D eigenvalue weighted by Gasteiger charge is -2.30. The van der Waals surface area contributed by atoms with Gasteiger partial charge in [-0.15, -0.1) is 0 Å². The Morgan fingerprint density at radius 3 is 2.16 bits per heavy atom. The van der Waals surface area contributed by atoms with Gasteiger partial charge in [-0.25, -0.2) is 8.42 Å². The van der Waals surface area contributed by atoms with Gasteiger partial charge < -0.3 is 15.4 Å². The predicted molar refractivity (Wildman–Crippen MR) is 146 cm³/mol. The van der Waals surface area contributed by atoms with Crippen molar-refractivity contribution >= 4 is 39.1 Å². The third kappa shape index (κ3) is 6.65. The van der Waals surface area contributed by atoms with Crippen molar-refractivity contribution < 1.29 is 22.7 Å². The number of benzene rings is 3. The van der Waals surface area contributed by atoms with Crippen molar-refractivity contribution in [3.05, 3.63) is 88.9 Å². The van der Waals surface area contributed by atoms with Crippen molar-refractivity contribution in [2.45, 2.75) is 31.2 Å². The molecule has 0 radical (unpaired) electrons. The van der Waals surface area contributed by atoms with Gasteiger partial charge in [0, 0.05) is 24.0 Å². The zero-order valence-corrected chi connectivity index (χ0v) is 22.6. The molecule has 0 aliphatic carbocycles. The van der Waals surface area contributed by atoms with Gasteiger partial charge in [0.25, 0.3) is 15.9 Å². The molecule has 10 heteroatoms. The second-order valence-electron chi connectivity index (χ2n) is 9.29. The van der Waals surface area contributed by atoms with Crippen LogP contribution in [0.3, 0.4) is 0 Å². The van der Waals surface area contributed by atoms with Crippen LogP contribution in [-0.4, -0.2) is 44.8 Å². The molecule has 1 saturated heterocycles. The number of aryl methyl sites for hydroxylation is 1. The number of piperidine rings is 1. The average Bonchev–Trinajstić information content (AvgIpc) is 2.92. The summed E-state index contributed by atoms with van der Waals surface area (Å²) in [6, 6.07) is 20.3. The van der Waals surface area contributed by atoms with Gasteiger partial charge in [-0.2, -0.15) is 0 Å². The first-order valence-electron chi connectivity index (χ1n) is 12.3. The number of nitrogens with two attached hydrogens (primary N) is 1. The lowest BCUT2D eigenvalue weighted by atomic mass is 9.96. The van der Waals surface area contributed by atoms with Gasteiger partial charge in [0.15, 0.2) is 6.61 Å². The number of halogens is 1. The maximum Gasteiger partial charge on any atom is 0.264 e. The van der Waals surface area contributed by atoms with E-state index in [-0.39, 0.29) is 35.8 Å². The predicted octanol–water partition coefficient (Wildman–Crippen LogP) is 4.15. The van der Waals surface area contributed by atoms with Crippen LogP contribution in [0.4, 0.5) is 5.69 Å². The highest BCUT2D eigenvalue weighted by atomic mass is 35.5. The number of anilines is 1. The van der Waals surface area contributed by atoms with Crippen LogP contribution in [0.2, 0.25) is 5.02 Å². The molecule has 0 saturated carbocycles. The summed E-state index contributed by atoms with van der Waals surface area (Å²) in [7, 11) is -3.88. The van der Waals surface area contributed by atoms with E-state index in [1.807, 2.05) is 6.92 Å². The van der Waals surface area contributed by atoms with E-state index < -0.39 is 10.0 Å². The molecule has 0 unspecified atom stereocenters. The van der Waals surface area contributed by atoms with Gasteiger partial charge in [0.05, 0.1) is 17.1 Å². The summed E-state index contributed by atoms with van der Waals surface area (Å²) in [6.45, 7) is 2.77. The highest BCUT2D eigenvalue weighted by Crippen LogP contribution is 2.28. The first-order valence-corrected chi connectivity index (χ1v) is 14.1. The first kappa shape index (κ1) is 27.5. The van der Waals surface area contributed by atoms with Gasteiger partial charge in [0.1, 0.15) is 5.75 Å². The number of likely N-dealkylation sites (tertiary alicyclic amines) is 1. The van der Waals surface area contributed by atoms with E-state index in [2.05, 4.69) is 0 Å². The number of primary amides is 1. The SMILES string of the molecule is Cc1ccc(S(=O)(=O)N(Cc2ccc(Cl)cc2)c2ccc(OCC(=O)N3CCC(C(N)=O)CC3)cc2)cc1. The standard InChI is InChI=1S/C28H30ClN3O5S/c1-20-2-12-26(13-3-20)38(35,36)32(18-21-4-6-23(29)7-5-21)24-8-10-25(11-9-24)37-19-27(33)31-16-14-22(15-17-31)28(30)34/h2-13,22H,14-19H2,1H3,(H2,30,34). The lowest BCUT2D eigenvalue weighted by Crippen LogP contribution is -2.43. The number of hydrogen-bond donors (Lipinski definition) is 1. The van der Waals surface area contributed by atoms with Crippen molar-refractivity contribution in [3.63, 3.8) is 0 Å². The van der Waals surface area contributed by atoms with Crippen LogP contribution < -0.4 is 14.8 Å². The number of carbonyl (C=O) groups excluding carboxylic acids is 2. The van der Waals surface area contributed by atoms with E-state index in [1.54, 1.807) is 77.7 Å². The topological polar surface area (TPSA) is 110 Å². The van der Waals surface area contributed by atoms with Crippen LogP contribution in [0, 0.1) is 12.8 Å². The van der Waals surface area contributed by atoms with E-state index in [9.17, 15) is 18.0 Å². The minimum Gasteiger partial charge on any atom is -0.484 e. The molecule has 1 aliphatic heterocycles. The molecular formula is C28H30ClN3O5S. The molecule has 0 atom stereocenters. The second kappa shape index (κ2) is 11.9. The van der Waals surface area contributed by atoms with Crippen molar-refractivity contribution in [2.24, 2.45) is 11.7 Å². The zero-order chi connectivity index (χ0) is 27.3. The molecule has 1 aliphatic rings. The molecule has 2 amide bonds. The fourth-order valence-electron chi connectivity index (χ4n) is 4.27. The molecule has 0 bridgehead atoms. The van der Waals surface area contributed by atoms with E-state index in [4.69, 9.17) is 22.1 Å². The highest BCUT2D eigenvalue weighted by molar-refractivity contribution is 7.92. The summed E-state index contributed by atoms with van der Waals surface area (Å²) in [5.74, 6) is -0.265. The molecule has 4 rings (SSSR count). The molecule has 200 valence electrons. The molecule has 3 aromatic carbocycles. The Hall–Kier alpha value is -3.56. The lowest BCUT2D eigenvalue weighted by molar-refractivity contribution is -0.136. The first-order chi connectivity index (χ1) is 18.1. The van der Waals surface area contributed by atoms with Gasteiger partial charge >= 0.3 is 0 Å². The minimum absolute atomic E-state index is 0.104. The summed E-state index contributed by atoms with van der Waals surface area (Å²) in [6.07, 6.45) is 1.10. The molecule has 2 N–H and O–H groups in total. The van der Waals surface area contributed by atoms with Crippen LogP contribution in [0.5, 0.6) is 5.75 Å². The Kier molecular flexibility index (Phi) is 8.58.